The maximum absolute atomic E-state index is 13.2. The van der Waals surface area contributed by atoms with Crippen molar-refractivity contribution in [2.75, 3.05) is 32.0 Å². The van der Waals surface area contributed by atoms with Crippen molar-refractivity contribution >= 4 is 23.3 Å². The zero-order valence-corrected chi connectivity index (χ0v) is 18.3. The summed E-state index contributed by atoms with van der Waals surface area (Å²) in [5.41, 5.74) is 2.80. The van der Waals surface area contributed by atoms with Crippen LogP contribution in [0, 0.1) is 6.92 Å². The van der Waals surface area contributed by atoms with Crippen LogP contribution in [-0.2, 0) is 9.59 Å². The van der Waals surface area contributed by atoms with E-state index in [2.05, 4.69) is 15.7 Å². The highest BCUT2D eigenvalue weighted by Gasteiger charge is 2.34. The van der Waals surface area contributed by atoms with Gasteiger partial charge in [0.25, 0.3) is 0 Å². The summed E-state index contributed by atoms with van der Waals surface area (Å²) in [5.74, 6) is 1.68. The maximum Gasteiger partial charge on any atom is 0.249 e. The van der Waals surface area contributed by atoms with E-state index in [1.54, 1.807) is 37.1 Å². The molecule has 1 aromatic heterocycles. The molecule has 3 aromatic rings. The first-order valence-electron chi connectivity index (χ1n) is 10.0. The summed E-state index contributed by atoms with van der Waals surface area (Å²) < 4.78 is 17.3. The van der Waals surface area contributed by atoms with E-state index >= 15 is 0 Å². The van der Waals surface area contributed by atoms with Crippen LogP contribution in [0.5, 0.6) is 17.2 Å². The minimum atomic E-state index is -0.809. The minimum Gasteiger partial charge on any atom is -0.497 e. The molecule has 1 aliphatic rings. The van der Waals surface area contributed by atoms with E-state index < -0.39 is 6.04 Å². The Kier molecular flexibility index (Phi) is 5.72. The molecule has 166 valence electrons. The Labute approximate surface area is 185 Å². The van der Waals surface area contributed by atoms with Gasteiger partial charge in [-0.05, 0) is 43.3 Å². The number of nitrogens with one attached hydrogen (secondary N) is 2. The van der Waals surface area contributed by atoms with Crippen molar-refractivity contribution in [3.8, 4) is 28.5 Å². The zero-order chi connectivity index (χ0) is 22.8. The van der Waals surface area contributed by atoms with Gasteiger partial charge >= 0.3 is 0 Å². The van der Waals surface area contributed by atoms with Gasteiger partial charge in [0.15, 0.2) is 0 Å². The summed E-state index contributed by atoms with van der Waals surface area (Å²) >= 11 is 0. The SMILES string of the molecule is COc1ccc(-c2nn3c(c2C)NC(=O)C[C@@H]3C(=O)Nc2ccc(OC)cc2OC)cc1. The molecule has 2 amide bonds. The number of carbonyl (C=O) groups is 2. The van der Waals surface area contributed by atoms with Crippen LogP contribution in [0.4, 0.5) is 11.5 Å². The second kappa shape index (κ2) is 8.62. The number of nitrogens with zero attached hydrogens (tertiary/aromatic N) is 2. The van der Waals surface area contributed by atoms with Crippen LogP contribution in [-0.4, -0.2) is 42.9 Å². The molecule has 2 aromatic carbocycles. The molecule has 2 heterocycles. The van der Waals surface area contributed by atoms with Gasteiger partial charge in [-0.15, -0.1) is 0 Å². The predicted octanol–water partition coefficient (Wildman–Crippen LogP) is 3.41. The molecule has 0 fully saturated rings. The van der Waals surface area contributed by atoms with Crippen LogP contribution in [0.2, 0.25) is 0 Å². The number of anilines is 2. The van der Waals surface area contributed by atoms with E-state index in [1.807, 2.05) is 31.2 Å². The van der Waals surface area contributed by atoms with Crippen LogP contribution >= 0.6 is 0 Å². The third-order valence-electron chi connectivity index (χ3n) is 5.41. The molecule has 32 heavy (non-hydrogen) atoms. The van der Waals surface area contributed by atoms with Gasteiger partial charge in [-0.3, -0.25) is 9.59 Å². The third-order valence-corrected chi connectivity index (χ3v) is 5.41. The average molecular weight is 436 g/mol. The number of methoxy groups -OCH3 is 3. The first-order chi connectivity index (χ1) is 15.4. The number of benzene rings is 2. The van der Waals surface area contributed by atoms with Gasteiger partial charge in [-0.2, -0.15) is 5.10 Å². The fourth-order valence-corrected chi connectivity index (χ4v) is 3.68. The zero-order valence-electron chi connectivity index (χ0n) is 18.3. The number of amides is 2. The minimum absolute atomic E-state index is 0.0273. The number of aromatic nitrogens is 2. The van der Waals surface area contributed by atoms with Crippen LogP contribution in [0.1, 0.15) is 18.0 Å². The molecule has 0 unspecified atom stereocenters. The molecule has 0 bridgehead atoms. The second-order valence-electron chi connectivity index (χ2n) is 7.32. The molecule has 2 N–H and O–H groups in total. The molecular weight excluding hydrogens is 412 g/mol. The molecule has 9 heteroatoms. The van der Waals surface area contributed by atoms with Crippen molar-refractivity contribution in [2.24, 2.45) is 0 Å². The Hall–Kier alpha value is -4.01. The standard InChI is InChI=1S/C23H24N4O5/c1-13-21(14-5-7-15(30-2)8-6-14)26-27-18(12-20(28)25-22(13)27)23(29)24-17-10-9-16(31-3)11-19(17)32-4/h5-11,18H,12H2,1-4H3,(H,24,29)(H,25,28)/t18-/m1/s1. The Morgan fingerprint density at radius 2 is 1.75 bits per heavy atom. The number of carbonyl (C=O) groups excluding carboxylic acids is 2. The van der Waals surface area contributed by atoms with Gasteiger partial charge in [0.05, 0.1) is 39.1 Å². The smallest absolute Gasteiger partial charge is 0.249 e. The van der Waals surface area contributed by atoms with Crippen LogP contribution < -0.4 is 24.8 Å². The quantitative estimate of drug-likeness (QED) is 0.614. The normalized spacial score (nSPS) is 14.9. The lowest BCUT2D eigenvalue weighted by atomic mass is 10.1. The average Bonchev–Trinajstić information content (AvgIpc) is 3.14. The summed E-state index contributed by atoms with van der Waals surface area (Å²) in [5, 5.41) is 10.4. The van der Waals surface area contributed by atoms with Crippen molar-refractivity contribution in [1.29, 1.82) is 0 Å². The van der Waals surface area contributed by atoms with E-state index in [-0.39, 0.29) is 18.2 Å². The van der Waals surface area contributed by atoms with Crippen molar-refractivity contribution in [3.63, 3.8) is 0 Å². The second-order valence-corrected chi connectivity index (χ2v) is 7.32. The Morgan fingerprint density at radius 3 is 2.41 bits per heavy atom. The lowest BCUT2D eigenvalue weighted by Gasteiger charge is -2.24. The number of hydrogen-bond donors (Lipinski definition) is 2. The fourth-order valence-electron chi connectivity index (χ4n) is 3.68. The van der Waals surface area contributed by atoms with Gasteiger partial charge < -0.3 is 24.8 Å². The number of fused-ring (bicyclic) bond motifs is 1. The molecule has 4 rings (SSSR count). The molecule has 9 nitrogen and oxygen atoms in total. The molecule has 0 spiro atoms. The largest absolute Gasteiger partial charge is 0.497 e. The van der Waals surface area contributed by atoms with E-state index in [9.17, 15) is 9.59 Å². The first-order valence-corrected chi connectivity index (χ1v) is 10.0. The van der Waals surface area contributed by atoms with E-state index in [1.165, 1.54) is 7.11 Å². The summed E-state index contributed by atoms with van der Waals surface area (Å²) in [6, 6.07) is 11.7. The van der Waals surface area contributed by atoms with E-state index in [0.29, 0.717) is 28.7 Å². The Bertz CT molecular complexity index is 1170. The topological polar surface area (TPSA) is 104 Å². The van der Waals surface area contributed by atoms with Gasteiger partial charge in [-0.1, -0.05) is 0 Å². The van der Waals surface area contributed by atoms with Crippen LogP contribution in [0.25, 0.3) is 11.3 Å². The molecule has 0 aliphatic carbocycles. The third kappa shape index (κ3) is 3.84. The van der Waals surface area contributed by atoms with Crippen molar-refractivity contribution in [1.82, 2.24) is 9.78 Å². The summed E-state index contributed by atoms with van der Waals surface area (Å²) in [6.07, 6.45) is -0.0273. The van der Waals surface area contributed by atoms with Gasteiger partial charge in [0, 0.05) is 17.2 Å². The van der Waals surface area contributed by atoms with Gasteiger partial charge in [-0.25, -0.2) is 4.68 Å². The maximum atomic E-state index is 13.2. The van der Waals surface area contributed by atoms with E-state index in [0.717, 1.165) is 16.9 Å². The summed E-state index contributed by atoms with van der Waals surface area (Å²) in [7, 11) is 4.66. The highest BCUT2D eigenvalue weighted by atomic mass is 16.5. The van der Waals surface area contributed by atoms with Crippen molar-refractivity contribution in [2.45, 2.75) is 19.4 Å². The van der Waals surface area contributed by atoms with E-state index in [4.69, 9.17) is 14.2 Å². The molecule has 0 saturated carbocycles. The summed E-state index contributed by atoms with van der Waals surface area (Å²) in [4.78, 5) is 25.6. The lowest BCUT2D eigenvalue weighted by Crippen LogP contribution is -2.36. The van der Waals surface area contributed by atoms with Crippen LogP contribution in [0.15, 0.2) is 42.5 Å². The number of ether oxygens (including phenoxy) is 3. The highest BCUT2D eigenvalue weighted by molar-refractivity contribution is 6.02. The van der Waals surface area contributed by atoms with Crippen LogP contribution in [0.3, 0.4) is 0 Å². The lowest BCUT2D eigenvalue weighted by molar-refractivity contribution is -0.125. The van der Waals surface area contributed by atoms with Gasteiger partial charge in [0.2, 0.25) is 11.8 Å². The Morgan fingerprint density at radius 1 is 1.06 bits per heavy atom. The molecule has 0 saturated heterocycles. The fraction of sp³-hybridized carbons (Fsp3) is 0.261. The first kappa shape index (κ1) is 21.2. The predicted molar refractivity (Wildman–Crippen MR) is 119 cm³/mol. The monoisotopic (exact) mass is 436 g/mol. The number of hydrogen-bond acceptors (Lipinski definition) is 6. The molecular formula is C23H24N4O5. The Balaban J connectivity index is 1.67. The number of rotatable bonds is 6. The van der Waals surface area contributed by atoms with Crippen molar-refractivity contribution < 1.29 is 23.8 Å². The van der Waals surface area contributed by atoms with Gasteiger partial charge in [0.1, 0.15) is 29.1 Å². The molecule has 1 atom stereocenters. The molecule has 0 radical (unpaired) electrons. The molecule has 1 aliphatic heterocycles. The van der Waals surface area contributed by atoms with Crippen molar-refractivity contribution in [3.05, 3.63) is 48.0 Å². The summed E-state index contributed by atoms with van der Waals surface area (Å²) in [6.45, 7) is 1.87. The highest BCUT2D eigenvalue weighted by Crippen LogP contribution is 2.36.